The Morgan fingerprint density at radius 3 is 1.80 bits per heavy atom. The largest absolute Gasteiger partial charge is 0.463 e. The van der Waals surface area contributed by atoms with E-state index in [0.717, 1.165) is 19.3 Å². The minimum atomic E-state index is -1.24. The topological polar surface area (TPSA) is 153 Å². The molecule has 1 unspecified atom stereocenters. The molecule has 0 aromatic heterocycles. The number of unbranched alkanes of at least 4 members (excludes halogenated alkanes) is 7. The minimum Gasteiger partial charge on any atom is -0.463 e. The number of hydrogen-bond donors (Lipinski definition) is 1. The lowest BCUT2D eigenvalue weighted by atomic mass is 9.99. The first kappa shape index (κ1) is 39.5. The van der Waals surface area contributed by atoms with Crippen molar-refractivity contribution in [2.45, 2.75) is 155 Å². The summed E-state index contributed by atoms with van der Waals surface area (Å²) in [6.45, 7) is 12.0. The molecule has 0 aliphatic carbocycles. The van der Waals surface area contributed by atoms with E-state index in [4.69, 9.17) is 28.4 Å². The van der Waals surface area contributed by atoms with E-state index in [9.17, 15) is 24.0 Å². The Balaban J connectivity index is 3.15. The predicted octanol–water partition coefficient (Wildman–Crippen LogP) is 5.23. The number of thioether (sulfide) groups is 1. The highest BCUT2D eigenvalue weighted by Gasteiger charge is 2.52. The number of ether oxygens (including phenoxy) is 6. The molecule has 1 rings (SSSR count). The summed E-state index contributed by atoms with van der Waals surface area (Å²) in [5.41, 5.74) is -1.60. The molecule has 254 valence electrons. The SMILES string of the molecule is CCCCCCCCCCC(CS[C@@H]1O[C@H](COC(C)=O)[C@@H](OC(C)=O)[C@H](OC(C)=O)[C@H]1OC(C)=O)NC(=O)OC(C)(C)C. The van der Waals surface area contributed by atoms with Crippen molar-refractivity contribution in [2.24, 2.45) is 0 Å². The van der Waals surface area contributed by atoms with Crippen LogP contribution in [0.3, 0.4) is 0 Å². The van der Waals surface area contributed by atoms with Gasteiger partial charge in [0, 0.05) is 39.5 Å². The molecule has 1 saturated heterocycles. The third-order valence-electron chi connectivity index (χ3n) is 6.54. The summed E-state index contributed by atoms with van der Waals surface area (Å²) in [6, 6.07) is -0.318. The van der Waals surface area contributed by atoms with Crippen LogP contribution in [0.25, 0.3) is 0 Å². The molecule has 1 amide bonds. The summed E-state index contributed by atoms with van der Waals surface area (Å²) in [4.78, 5) is 60.5. The Kier molecular flexibility index (Phi) is 18.4. The Labute approximate surface area is 266 Å². The lowest BCUT2D eigenvalue weighted by Crippen LogP contribution is -2.61. The standard InChI is InChI=1S/C31H53NO11S/c1-9-10-11-12-13-14-15-16-17-24(32-30(37)43-31(6,7)8)19-44-29-28(41-23(5)36)27(40-22(4)35)26(39-21(3)34)25(42-29)18-38-20(2)33/h24-29H,9-19H2,1-8H3,(H,32,37)/t24?,25-,26-,27+,28-,29+/m1/s1. The molecule has 12 nitrogen and oxygen atoms in total. The highest BCUT2D eigenvalue weighted by atomic mass is 32.2. The van der Waals surface area contributed by atoms with Crippen molar-refractivity contribution >= 4 is 41.7 Å². The zero-order chi connectivity index (χ0) is 33.3. The van der Waals surface area contributed by atoms with Crippen molar-refractivity contribution in [1.82, 2.24) is 5.32 Å². The number of carbonyl (C=O) groups is 5. The fraction of sp³-hybridized carbons (Fsp3) is 0.839. The van der Waals surface area contributed by atoms with Crippen molar-refractivity contribution < 1.29 is 52.4 Å². The molecule has 0 saturated carbocycles. The van der Waals surface area contributed by atoms with Crippen molar-refractivity contribution in [1.29, 1.82) is 0 Å². The van der Waals surface area contributed by atoms with Crippen molar-refractivity contribution in [3.63, 3.8) is 0 Å². The second kappa shape index (κ2) is 20.5. The molecule has 13 heteroatoms. The molecule has 0 radical (unpaired) electrons. The maximum Gasteiger partial charge on any atom is 0.407 e. The van der Waals surface area contributed by atoms with Gasteiger partial charge in [-0.1, -0.05) is 58.3 Å². The molecule has 0 aromatic carbocycles. The summed E-state index contributed by atoms with van der Waals surface area (Å²) < 4.78 is 33.4. The Morgan fingerprint density at radius 1 is 0.750 bits per heavy atom. The second-order valence-electron chi connectivity index (χ2n) is 12.0. The Bertz CT molecular complexity index is 923. The van der Waals surface area contributed by atoms with Gasteiger partial charge in [-0.25, -0.2) is 4.79 Å². The predicted molar refractivity (Wildman–Crippen MR) is 165 cm³/mol. The normalized spacial score (nSPS) is 22.3. The number of nitrogens with one attached hydrogen (secondary N) is 1. The van der Waals surface area contributed by atoms with Gasteiger partial charge in [0.25, 0.3) is 0 Å². The number of rotatable bonds is 18. The van der Waals surface area contributed by atoms with Crippen LogP contribution in [0.1, 0.15) is 113 Å². The summed E-state index contributed by atoms with van der Waals surface area (Å²) in [7, 11) is 0. The van der Waals surface area contributed by atoms with Crippen LogP contribution >= 0.6 is 11.8 Å². The number of alkyl carbamates (subject to hydrolysis) is 1. The van der Waals surface area contributed by atoms with E-state index in [1.54, 1.807) is 20.8 Å². The number of amides is 1. The zero-order valence-corrected chi connectivity index (χ0v) is 28.5. The number of carbonyl (C=O) groups excluding carboxylic acids is 5. The summed E-state index contributed by atoms with van der Waals surface area (Å²) in [6.07, 6.45) is 4.56. The van der Waals surface area contributed by atoms with Crippen molar-refractivity contribution in [3.05, 3.63) is 0 Å². The smallest absolute Gasteiger partial charge is 0.407 e. The third-order valence-corrected chi connectivity index (χ3v) is 7.84. The van der Waals surface area contributed by atoms with Crippen molar-refractivity contribution in [2.75, 3.05) is 12.4 Å². The first-order chi connectivity index (χ1) is 20.6. The average molecular weight is 648 g/mol. The van der Waals surface area contributed by atoms with Gasteiger partial charge < -0.3 is 33.7 Å². The molecule has 1 heterocycles. The van der Waals surface area contributed by atoms with Crippen LogP contribution in [0.5, 0.6) is 0 Å². The fourth-order valence-corrected chi connectivity index (χ4v) is 6.02. The number of hydrogen-bond acceptors (Lipinski definition) is 12. The maximum atomic E-state index is 12.7. The molecular weight excluding hydrogens is 594 g/mol. The molecule has 6 atom stereocenters. The van der Waals surface area contributed by atoms with Crippen LogP contribution in [0.2, 0.25) is 0 Å². The van der Waals surface area contributed by atoms with Gasteiger partial charge in [0.2, 0.25) is 0 Å². The van der Waals surface area contributed by atoms with E-state index in [0.29, 0.717) is 12.2 Å². The summed E-state index contributed by atoms with van der Waals surface area (Å²) in [5.74, 6) is -2.30. The lowest BCUT2D eigenvalue weighted by Gasteiger charge is -2.44. The number of esters is 4. The van der Waals surface area contributed by atoms with E-state index >= 15 is 0 Å². The molecular formula is C31H53NO11S. The fourth-order valence-electron chi connectivity index (χ4n) is 4.73. The lowest BCUT2D eigenvalue weighted by molar-refractivity contribution is -0.237. The molecule has 1 fully saturated rings. The van der Waals surface area contributed by atoms with Crippen molar-refractivity contribution in [3.8, 4) is 0 Å². The minimum absolute atomic E-state index is 0.299. The van der Waals surface area contributed by atoms with Gasteiger partial charge in [-0.15, -0.1) is 11.8 Å². The molecule has 1 aliphatic rings. The van der Waals surface area contributed by atoms with Gasteiger partial charge in [0.15, 0.2) is 18.3 Å². The average Bonchev–Trinajstić information content (AvgIpc) is 2.88. The first-order valence-electron chi connectivity index (χ1n) is 15.5. The second-order valence-corrected chi connectivity index (χ2v) is 13.1. The highest BCUT2D eigenvalue weighted by molar-refractivity contribution is 7.99. The Morgan fingerprint density at radius 2 is 1.27 bits per heavy atom. The zero-order valence-electron chi connectivity index (χ0n) is 27.6. The molecule has 1 aliphatic heterocycles. The van der Waals surface area contributed by atoms with E-state index in [-0.39, 0.29) is 12.6 Å². The van der Waals surface area contributed by atoms with Crippen LogP contribution in [0.15, 0.2) is 0 Å². The van der Waals surface area contributed by atoms with E-state index in [1.807, 2.05) is 0 Å². The van der Waals surface area contributed by atoms with Crippen LogP contribution in [-0.2, 0) is 47.6 Å². The monoisotopic (exact) mass is 647 g/mol. The quantitative estimate of drug-likeness (QED) is 0.118. The summed E-state index contributed by atoms with van der Waals surface area (Å²) in [5, 5.41) is 2.95. The van der Waals surface area contributed by atoms with Crippen LogP contribution in [0, 0.1) is 0 Å². The van der Waals surface area contributed by atoms with E-state index < -0.39 is 65.4 Å². The summed E-state index contributed by atoms with van der Waals surface area (Å²) >= 11 is 1.24. The molecule has 44 heavy (non-hydrogen) atoms. The molecule has 0 bridgehead atoms. The van der Waals surface area contributed by atoms with Gasteiger partial charge >= 0.3 is 30.0 Å². The third kappa shape index (κ3) is 17.1. The molecule has 0 aromatic rings. The van der Waals surface area contributed by atoms with Crippen LogP contribution in [0.4, 0.5) is 4.79 Å². The van der Waals surface area contributed by atoms with E-state index in [1.165, 1.54) is 71.6 Å². The maximum absolute atomic E-state index is 12.7. The van der Waals surface area contributed by atoms with Gasteiger partial charge in [-0.3, -0.25) is 19.2 Å². The first-order valence-corrected chi connectivity index (χ1v) is 16.6. The van der Waals surface area contributed by atoms with Crippen LogP contribution < -0.4 is 5.32 Å². The Hall–Kier alpha value is -2.54. The highest BCUT2D eigenvalue weighted by Crippen LogP contribution is 2.35. The van der Waals surface area contributed by atoms with Gasteiger partial charge in [-0.05, 0) is 27.2 Å². The molecule has 1 N–H and O–H groups in total. The van der Waals surface area contributed by atoms with Gasteiger partial charge in [-0.2, -0.15) is 0 Å². The van der Waals surface area contributed by atoms with Gasteiger partial charge in [0.05, 0.1) is 0 Å². The molecule has 0 spiro atoms. The van der Waals surface area contributed by atoms with Crippen LogP contribution in [-0.4, -0.2) is 83.8 Å². The van der Waals surface area contributed by atoms with E-state index in [2.05, 4.69) is 12.2 Å². The van der Waals surface area contributed by atoms with Gasteiger partial charge in [0.1, 0.15) is 23.7 Å².